The topological polar surface area (TPSA) is 62.7 Å². The number of aromatic carboxylic acids is 1. The number of aromatic nitrogens is 1. The van der Waals surface area contributed by atoms with Crippen molar-refractivity contribution in [3.05, 3.63) is 87.4 Å². The van der Waals surface area contributed by atoms with Gasteiger partial charge in [0.05, 0.1) is 23.9 Å². The molecule has 0 spiro atoms. The normalized spacial score (nSPS) is 17.1. The van der Waals surface area contributed by atoms with E-state index in [1.165, 1.54) is 17.7 Å². The van der Waals surface area contributed by atoms with Crippen LogP contribution in [0.15, 0.2) is 71.4 Å². The maximum Gasteiger partial charge on any atom is 1.00 e. The Labute approximate surface area is 249 Å². The van der Waals surface area contributed by atoms with Crippen LogP contribution in [0.3, 0.4) is 0 Å². The monoisotopic (exact) mass is 542 g/mol. The van der Waals surface area contributed by atoms with Gasteiger partial charge in [0.15, 0.2) is 5.13 Å². The third-order valence-corrected chi connectivity index (χ3v) is 8.44. The van der Waals surface area contributed by atoms with Crippen LogP contribution in [0, 0.1) is 5.92 Å². The minimum Gasteiger partial charge on any atom is -1.00 e. The molecule has 2 aromatic heterocycles. The van der Waals surface area contributed by atoms with E-state index in [1.54, 1.807) is 34.8 Å². The third kappa shape index (κ3) is 7.45. The van der Waals surface area contributed by atoms with Gasteiger partial charge in [0.25, 0.3) is 0 Å². The Morgan fingerprint density at radius 3 is 2.41 bits per heavy atom. The number of carboxylic acids is 1. The van der Waals surface area contributed by atoms with E-state index in [0.29, 0.717) is 18.2 Å². The molecule has 0 aliphatic heterocycles. The van der Waals surface area contributed by atoms with Gasteiger partial charge >= 0.3 is 35.5 Å². The number of thiophene rings is 1. The van der Waals surface area contributed by atoms with Crippen molar-refractivity contribution in [2.75, 3.05) is 4.90 Å². The van der Waals surface area contributed by atoms with Crippen LogP contribution in [0.5, 0.6) is 5.75 Å². The van der Waals surface area contributed by atoms with E-state index in [1.807, 2.05) is 12.1 Å². The van der Waals surface area contributed by atoms with E-state index >= 15 is 0 Å². The first-order valence-electron chi connectivity index (χ1n) is 12.4. The first-order chi connectivity index (χ1) is 17.5. The van der Waals surface area contributed by atoms with Crippen molar-refractivity contribution < 1.29 is 45.6 Å². The number of thiazole rings is 1. The Morgan fingerprint density at radius 2 is 1.76 bits per heavy atom. The molecule has 0 atom stereocenters. The first kappa shape index (κ1) is 27.9. The summed E-state index contributed by atoms with van der Waals surface area (Å²) in [6, 6.07) is 19.6. The van der Waals surface area contributed by atoms with E-state index in [0.717, 1.165) is 53.0 Å². The maximum atomic E-state index is 11.2. The Morgan fingerprint density at radius 1 is 1.03 bits per heavy atom. The van der Waals surface area contributed by atoms with Gasteiger partial charge in [-0.25, -0.2) is 9.78 Å². The average Bonchev–Trinajstić information content (AvgIpc) is 3.59. The van der Waals surface area contributed by atoms with Crippen LogP contribution in [0.1, 0.15) is 54.8 Å². The van der Waals surface area contributed by atoms with Gasteiger partial charge in [-0.1, -0.05) is 25.1 Å². The molecular weight excluding hydrogens is 511 g/mol. The molecule has 37 heavy (non-hydrogen) atoms. The zero-order chi connectivity index (χ0) is 24.9. The van der Waals surface area contributed by atoms with Crippen LogP contribution in [-0.2, 0) is 13.1 Å². The fraction of sp³-hybridized carbons (Fsp3) is 0.310. The third-order valence-electron chi connectivity index (χ3n) is 6.68. The van der Waals surface area contributed by atoms with Crippen LogP contribution in [0.25, 0.3) is 11.3 Å². The number of hydrogen-bond acceptors (Lipinski definition) is 6. The smallest absolute Gasteiger partial charge is 1.00 e. The molecule has 1 fully saturated rings. The summed E-state index contributed by atoms with van der Waals surface area (Å²) >= 11 is 3.35. The second-order valence-electron chi connectivity index (χ2n) is 9.48. The molecule has 0 amide bonds. The molecule has 2 aromatic carbocycles. The predicted molar refractivity (Wildman–Crippen MR) is 148 cm³/mol. The summed E-state index contributed by atoms with van der Waals surface area (Å²) in [6.45, 7) is 3.72. The number of rotatable bonds is 9. The Balaban J connectivity index is 0.00000200. The molecule has 0 bridgehead atoms. The summed E-state index contributed by atoms with van der Waals surface area (Å²) in [4.78, 5) is 19.7. The molecule has 4 aromatic rings. The second kappa shape index (κ2) is 13.1. The Kier molecular flexibility index (Phi) is 9.84. The molecule has 1 aliphatic carbocycles. The molecule has 0 unspecified atom stereocenters. The number of carbonyl (C=O) groups is 1. The van der Waals surface area contributed by atoms with E-state index in [4.69, 9.17) is 9.72 Å². The first-order valence-corrected chi connectivity index (χ1v) is 14.1. The minimum atomic E-state index is -0.911. The van der Waals surface area contributed by atoms with E-state index in [2.05, 4.69) is 59.0 Å². The number of carboxylic acid groups (broad SMARTS) is 1. The predicted octanol–water partition coefficient (Wildman–Crippen LogP) is 4.85. The zero-order valence-electron chi connectivity index (χ0n) is 22.3. The molecular formula is C29H31N2NaO3S2. The maximum absolute atomic E-state index is 11.2. The van der Waals surface area contributed by atoms with Crippen molar-refractivity contribution in [1.82, 2.24) is 4.98 Å². The van der Waals surface area contributed by atoms with Gasteiger partial charge in [-0.15, -0.1) is 22.7 Å². The molecule has 8 heteroatoms. The van der Waals surface area contributed by atoms with Gasteiger partial charge in [0.2, 0.25) is 0 Å². The molecule has 2 heterocycles. The Bertz CT molecular complexity index is 1270. The second-order valence-corrected chi connectivity index (χ2v) is 11.3. The molecule has 1 N–H and O–H groups in total. The van der Waals surface area contributed by atoms with Crippen LogP contribution < -0.4 is 39.2 Å². The summed E-state index contributed by atoms with van der Waals surface area (Å²) in [5.41, 5.74) is 3.37. The summed E-state index contributed by atoms with van der Waals surface area (Å²) in [7, 11) is 0. The summed E-state index contributed by atoms with van der Waals surface area (Å²) in [5, 5.41) is 14.3. The van der Waals surface area contributed by atoms with E-state index in [-0.39, 0.29) is 31.0 Å². The van der Waals surface area contributed by atoms with Gasteiger partial charge in [0, 0.05) is 22.4 Å². The molecule has 5 nitrogen and oxygen atoms in total. The summed E-state index contributed by atoms with van der Waals surface area (Å²) in [5.74, 6) is 0.832. The van der Waals surface area contributed by atoms with Crippen LogP contribution >= 0.6 is 22.7 Å². The van der Waals surface area contributed by atoms with Gasteiger partial charge < -0.3 is 16.2 Å². The van der Waals surface area contributed by atoms with Crippen molar-refractivity contribution in [2.45, 2.75) is 51.8 Å². The van der Waals surface area contributed by atoms with Crippen molar-refractivity contribution >= 4 is 33.8 Å². The van der Waals surface area contributed by atoms with E-state index in [9.17, 15) is 9.90 Å². The minimum absolute atomic E-state index is 0. The number of ether oxygens (including phenoxy) is 1. The standard InChI is InChI=1S/C29H30N2O3S2.Na.H/c1-20-4-12-24(13-5-20)34-25-14-10-22(11-15-25)27-19-36-29(30-27)31(18-26-3-2-16-35-26)17-21-6-8-23(9-7-21)28(32)33;;/h2-3,6-11,14-16,19-20,24H,4-5,12-13,17-18H2,1H3,(H,32,33);;/q;+1;-1. The number of hydrogen-bond donors (Lipinski definition) is 1. The van der Waals surface area contributed by atoms with Gasteiger partial charge in [-0.05, 0) is 85.0 Å². The average molecular weight is 543 g/mol. The molecule has 0 radical (unpaired) electrons. The number of anilines is 1. The largest absolute Gasteiger partial charge is 1.00 e. The van der Waals surface area contributed by atoms with Crippen molar-refractivity contribution in [1.29, 1.82) is 0 Å². The van der Waals surface area contributed by atoms with Gasteiger partial charge in [0.1, 0.15) is 5.75 Å². The Hall–Kier alpha value is -2.16. The van der Waals surface area contributed by atoms with Crippen LogP contribution in [-0.4, -0.2) is 22.2 Å². The zero-order valence-corrected chi connectivity index (χ0v) is 24.9. The van der Waals surface area contributed by atoms with Gasteiger partial charge in [-0.2, -0.15) is 0 Å². The van der Waals surface area contributed by atoms with Crippen molar-refractivity contribution in [3.8, 4) is 17.0 Å². The molecule has 1 saturated carbocycles. The SMILES string of the molecule is CC1CCC(Oc2ccc(-c3csc(N(Cc4ccc(C(=O)O)cc4)Cc4cccs4)n3)cc2)CC1.[H-].[Na+]. The van der Waals surface area contributed by atoms with Crippen molar-refractivity contribution in [2.24, 2.45) is 5.92 Å². The molecule has 0 saturated heterocycles. The van der Waals surface area contributed by atoms with Gasteiger partial charge in [-0.3, -0.25) is 0 Å². The fourth-order valence-corrected chi connectivity index (χ4v) is 6.10. The molecule has 188 valence electrons. The van der Waals surface area contributed by atoms with E-state index < -0.39 is 5.97 Å². The summed E-state index contributed by atoms with van der Waals surface area (Å²) in [6.07, 6.45) is 5.09. The van der Waals surface area contributed by atoms with Crippen molar-refractivity contribution in [3.63, 3.8) is 0 Å². The van der Waals surface area contributed by atoms with Crippen LogP contribution in [0.2, 0.25) is 0 Å². The number of nitrogens with zero attached hydrogens (tertiary/aromatic N) is 2. The molecule has 5 rings (SSSR count). The fourth-order valence-electron chi connectivity index (χ4n) is 4.54. The summed E-state index contributed by atoms with van der Waals surface area (Å²) < 4.78 is 6.22. The quantitative estimate of drug-likeness (QED) is 0.307. The molecule has 1 aliphatic rings. The number of benzene rings is 2. The van der Waals surface area contributed by atoms with Crippen LogP contribution in [0.4, 0.5) is 5.13 Å².